The van der Waals surface area contributed by atoms with Crippen LogP contribution in [0.15, 0.2) is 29.2 Å². The molecule has 7 nitrogen and oxygen atoms in total. The van der Waals surface area contributed by atoms with Gasteiger partial charge in [-0.2, -0.15) is 0 Å². The normalized spacial score (nSPS) is 15.6. The zero-order chi connectivity index (χ0) is 16.7. The fraction of sp³-hybridized carbons (Fsp3) is 0.533. The number of methoxy groups -OCH3 is 1. The average molecular weight is 342 g/mol. The number of rotatable bonds is 7. The molecule has 1 aliphatic heterocycles. The second kappa shape index (κ2) is 8.39. The minimum atomic E-state index is -3.63. The van der Waals surface area contributed by atoms with E-state index in [1.54, 1.807) is 24.1 Å². The summed E-state index contributed by atoms with van der Waals surface area (Å²) in [6.07, 6.45) is 0.585. The third kappa shape index (κ3) is 5.00. The highest BCUT2D eigenvalue weighted by Crippen LogP contribution is 2.14. The molecule has 1 saturated heterocycles. The Morgan fingerprint density at radius 3 is 2.78 bits per heavy atom. The van der Waals surface area contributed by atoms with Crippen molar-refractivity contribution in [2.24, 2.45) is 0 Å². The van der Waals surface area contributed by atoms with E-state index >= 15 is 0 Å². The van der Waals surface area contributed by atoms with Crippen molar-refractivity contribution in [3.8, 4) is 0 Å². The van der Waals surface area contributed by atoms with Crippen molar-refractivity contribution in [3.63, 3.8) is 0 Å². The van der Waals surface area contributed by atoms with Crippen LogP contribution < -0.4 is 4.72 Å². The maximum atomic E-state index is 12.4. The number of nitrogens with zero attached hydrogens (tertiary/aromatic N) is 1. The Balaban J connectivity index is 2.07. The van der Waals surface area contributed by atoms with Crippen molar-refractivity contribution >= 4 is 15.9 Å². The first-order valence-corrected chi connectivity index (χ1v) is 8.98. The summed E-state index contributed by atoms with van der Waals surface area (Å²) in [6.45, 7) is 2.82. The summed E-state index contributed by atoms with van der Waals surface area (Å²) >= 11 is 0. The molecule has 0 unspecified atom stereocenters. The van der Waals surface area contributed by atoms with E-state index in [4.69, 9.17) is 9.47 Å². The zero-order valence-corrected chi connectivity index (χ0v) is 14.0. The lowest BCUT2D eigenvalue weighted by atomic mass is 10.2. The summed E-state index contributed by atoms with van der Waals surface area (Å²) in [7, 11) is -2.06. The van der Waals surface area contributed by atoms with Gasteiger partial charge in [0, 0.05) is 38.9 Å². The number of morpholine rings is 1. The Labute approximate surface area is 136 Å². The number of sulfonamides is 1. The third-order valence-corrected chi connectivity index (χ3v) is 4.97. The van der Waals surface area contributed by atoms with Crippen molar-refractivity contribution < 1.29 is 22.7 Å². The maximum Gasteiger partial charge on any atom is 0.254 e. The molecule has 0 saturated carbocycles. The highest BCUT2D eigenvalue weighted by Gasteiger charge is 2.21. The van der Waals surface area contributed by atoms with Crippen LogP contribution in [0.3, 0.4) is 0 Å². The van der Waals surface area contributed by atoms with Crippen LogP contribution in [-0.4, -0.2) is 65.8 Å². The number of hydrogen-bond donors (Lipinski definition) is 1. The largest absolute Gasteiger partial charge is 0.385 e. The summed E-state index contributed by atoms with van der Waals surface area (Å²) in [5.74, 6) is -0.176. The minimum absolute atomic E-state index is 0.0917. The first-order chi connectivity index (χ1) is 11.0. The quantitative estimate of drug-likeness (QED) is 0.728. The van der Waals surface area contributed by atoms with Gasteiger partial charge in [-0.25, -0.2) is 13.1 Å². The van der Waals surface area contributed by atoms with Crippen molar-refractivity contribution in [3.05, 3.63) is 29.8 Å². The van der Waals surface area contributed by atoms with Crippen molar-refractivity contribution in [2.75, 3.05) is 46.6 Å². The fourth-order valence-electron chi connectivity index (χ4n) is 2.25. The molecule has 0 spiro atoms. The first-order valence-electron chi connectivity index (χ1n) is 7.50. The molecule has 1 aliphatic rings. The minimum Gasteiger partial charge on any atom is -0.385 e. The molecule has 1 fully saturated rings. The Kier molecular flexibility index (Phi) is 6.52. The van der Waals surface area contributed by atoms with Gasteiger partial charge in [0.2, 0.25) is 10.0 Å². The van der Waals surface area contributed by atoms with Crippen molar-refractivity contribution in [1.29, 1.82) is 0 Å². The molecule has 0 radical (unpaired) electrons. The molecule has 8 heteroatoms. The van der Waals surface area contributed by atoms with Gasteiger partial charge in [-0.05, 0) is 24.6 Å². The monoisotopic (exact) mass is 342 g/mol. The number of amides is 1. The van der Waals surface area contributed by atoms with E-state index in [1.165, 1.54) is 12.1 Å². The average Bonchev–Trinajstić information content (AvgIpc) is 2.59. The van der Waals surface area contributed by atoms with E-state index in [2.05, 4.69) is 4.72 Å². The molecule has 1 heterocycles. The lowest BCUT2D eigenvalue weighted by Crippen LogP contribution is -2.40. The van der Waals surface area contributed by atoms with Crippen LogP contribution in [0.5, 0.6) is 0 Å². The van der Waals surface area contributed by atoms with Gasteiger partial charge >= 0.3 is 0 Å². The molecule has 0 atom stereocenters. The molecule has 0 aromatic heterocycles. The molecule has 1 amide bonds. The number of hydrogen-bond acceptors (Lipinski definition) is 5. The molecule has 1 aromatic rings. The van der Waals surface area contributed by atoms with Crippen molar-refractivity contribution in [1.82, 2.24) is 9.62 Å². The van der Waals surface area contributed by atoms with Crippen LogP contribution in [0.4, 0.5) is 0 Å². The number of ether oxygens (including phenoxy) is 2. The van der Waals surface area contributed by atoms with Crippen LogP contribution in [0.25, 0.3) is 0 Å². The Morgan fingerprint density at radius 2 is 2.09 bits per heavy atom. The molecule has 23 heavy (non-hydrogen) atoms. The van der Waals surface area contributed by atoms with Crippen LogP contribution >= 0.6 is 0 Å². The Bertz CT molecular complexity index is 627. The van der Waals surface area contributed by atoms with Crippen molar-refractivity contribution in [2.45, 2.75) is 11.3 Å². The summed E-state index contributed by atoms with van der Waals surface area (Å²) in [6, 6.07) is 6.10. The summed E-state index contributed by atoms with van der Waals surface area (Å²) in [4.78, 5) is 14.2. The number of benzene rings is 1. The van der Waals surface area contributed by atoms with E-state index in [0.717, 1.165) is 0 Å². The molecular formula is C15H22N2O5S. The Morgan fingerprint density at radius 1 is 1.35 bits per heavy atom. The number of carbonyl (C=O) groups is 1. The smallest absolute Gasteiger partial charge is 0.254 e. The van der Waals surface area contributed by atoms with Gasteiger partial charge in [-0.3, -0.25) is 4.79 Å². The molecule has 0 aliphatic carbocycles. The number of nitrogens with one attached hydrogen (secondary N) is 1. The second-order valence-corrected chi connectivity index (χ2v) is 6.94. The predicted molar refractivity (Wildman–Crippen MR) is 84.8 cm³/mol. The van der Waals surface area contributed by atoms with Crippen LogP contribution in [0.2, 0.25) is 0 Å². The molecule has 1 N–H and O–H groups in total. The van der Waals surface area contributed by atoms with E-state index in [1.807, 2.05) is 0 Å². The van der Waals surface area contributed by atoms with Gasteiger partial charge in [0.05, 0.1) is 18.1 Å². The first kappa shape index (κ1) is 17.9. The molecule has 1 aromatic carbocycles. The van der Waals surface area contributed by atoms with Gasteiger partial charge in [-0.15, -0.1) is 0 Å². The van der Waals surface area contributed by atoms with Gasteiger partial charge in [0.1, 0.15) is 0 Å². The molecule has 0 bridgehead atoms. The topological polar surface area (TPSA) is 84.9 Å². The zero-order valence-electron chi connectivity index (χ0n) is 13.2. The highest BCUT2D eigenvalue weighted by atomic mass is 32.2. The molecule has 128 valence electrons. The molecular weight excluding hydrogens is 320 g/mol. The van der Waals surface area contributed by atoms with E-state index in [9.17, 15) is 13.2 Å². The maximum absolute atomic E-state index is 12.4. The second-order valence-electron chi connectivity index (χ2n) is 5.18. The lowest BCUT2D eigenvalue weighted by molar-refractivity contribution is 0.0302. The fourth-order valence-corrected chi connectivity index (χ4v) is 3.37. The third-order valence-electron chi connectivity index (χ3n) is 3.51. The van der Waals surface area contributed by atoms with Crippen LogP contribution in [0, 0.1) is 0 Å². The van der Waals surface area contributed by atoms with Crippen LogP contribution in [-0.2, 0) is 19.5 Å². The van der Waals surface area contributed by atoms with Gasteiger partial charge in [0.25, 0.3) is 5.91 Å². The van der Waals surface area contributed by atoms with Gasteiger partial charge in [-0.1, -0.05) is 6.07 Å². The standard InChI is InChI=1S/C15H22N2O5S/c1-21-9-3-6-16-23(19,20)14-5-2-4-13(12-14)15(18)17-7-10-22-11-8-17/h2,4-5,12,16H,3,6-11H2,1H3. The van der Waals surface area contributed by atoms with E-state index in [-0.39, 0.29) is 17.3 Å². The van der Waals surface area contributed by atoms with Crippen LogP contribution in [0.1, 0.15) is 16.8 Å². The summed E-state index contributed by atoms with van der Waals surface area (Å²) in [5.41, 5.74) is 0.367. The highest BCUT2D eigenvalue weighted by molar-refractivity contribution is 7.89. The van der Waals surface area contributed by atoms with Gasteiger partial charge < -0.3 is 14.4 Å². The lowest BCUT2D eigenvalue weighted by Gasteiger charge is -2.27. The SMILES string of the molecule is COCCCNS(=O)(=O)c1cccc(C(=O)N2CCOCC2)c1. The summed E-state index contributed by atoms with van der Waals surface area (Å²) < 4.78 is 37.1. The summed E-state index contributed by atoms with van der Waals surface area (Å²) in [5, 5.41) is 0. The van der Waals surface area contributed by atoms with E-state index in [0.29, 0.717) is 44.9 Å². The van der Waals surface area contributed by atoms with Gasteiger partial charge in [0.15, 0.2) is 0 Å². The Hall–Kier alpha value is -1.48. The predicted octanol–water partition coefficient (Wildman–Crippen LogP) is 0.474. The molecule has 2 rings (SSSR count). The number of carbonyl (C=O) groups excluding carboxylic acids is 1. The van der Waals surface area contributed by atoms with E-state index < -0.39 is 10.0 Å².